The second-order valence-electron chi connectivity index (χ2n) is 3.35. The van der Waals surface area contributed by atoms with Crippen LogP contribution in [-0.2, 0) is 4.57 Å². The average Bonchev–Trinajstić information content (AvgIpc) is 2.07. The van der Waals surface area contributed by atoms with Crippen LogP contribution in [0.25, 0.3) is 0 Å². The number of rotatable bonds is 1. The van der Waals surface area contributed by atoms with Crippen LogP contribution in [0.2, 0.25) is 5.02 Å². The maximum Gasteiger partial charge on any atom is 0.109 e. The molecule has 0 saturated carbocycles. The highest BCUT2D eigenvalue weighted by molar-refractivity contribution is 7.70. The Morgan fingerprint density at radius 3 is 2.50 bits per heavy atom. The minimum absolute atomic E-state index is 0.242. The van der Waals surface area contributed by atoms with E-state index in [1.807, 2.05) is 6.07 Å². The number of hydrogen-bond donors (Lipinski definition) is 1. The van der Waals surface area contributed by atoms with Gasteiger partial charge in [0.1, 0.15) is 13.2 Å². The molecule has 0 heterocycles. The van der Waals surface area contributed by atoms with Crippen LogP contribution in [0, 0.1) is 11.3 Å². The summed E-state index contributed by atoms with van der Waals surface area (Å²) in [4.78, 5) is 0. The zero-order valence-electron chi connectivity index (χ0n) is 7.91. The second-order valence-corrected chi connectivity index (χ2v) is 6.98. The summed E-state index contributed by atoms with van der Waals surface area (Å²) in [5.41, 5.74) is 6.08. The van der Waals surface area contributed by atoms with E-state index in [2.05, 4.69) is 0 Å². The van der Waals surface area contributed by atoms with Gasteiger partial charge >= 0.3 is 0 Å². The van der Waals surface area contributed by atoms with Crippen molar-refractivity contribution in [3.63, 3.8) is 0 Å². The Bertz CT molecular complexity index is 459. The van der Waals surface area contributed by atoms with Crippen LogP contribution >= 0.6 is 18.7 Å². The Morgan fingerprint density at radius 1 is 1.50 bits per heavy atom. The van der Waals surface area contributed by atoms with Crippen LogP contribution in [0.4, 0.5) is 5.69 Å². The first kappa shape index (κ1) is 11.1. The summed E-state index contributed by atoms with van der Waals surface area (Å²) in [6, 6.07) is 5.00. The van der Waals surface area contributed by atoms with E-state index in [0.717, 1.165) is 0 Å². The topological polar surface area (TPSA) is 66.9 Å². The Morgan fingerprint density at radius 2 is 2.07 bits per heavy atom. The normalized spacial score (nSPS) is 11.0. The highest BCUT2D eigenvalue weighted by atomic mass is 35.5. The number of nitrogens with two attached hydrogens (primary N) is 1. The minimum Gasteiger partial charge on any atom is -0.396 e. The molecule has 1 aromatic carbocycles. The van der Waals surface area contributed by atoms with Gasteiger partial charge in [-0.3, -0.25) is 0 Å². The number of halogens is 1. The molecule has 0 spiro atoms. The predicted molar refractivity (Wildman–Crippen MR) is 59.7 cm³/mol. The number of anilines is 1. The minimum atomic E-state index is -2.40. The highest BCUT2D eigenvalue weighted by Crippen LogP contribution is 2.37. The molecule has 5 heteroatoms. The van der Waals surface area contributed by atoms with Crippen molar-refractivity contribution in [3.8, 4) is 6.07 Å². The SMILES string of the molecule is CP(C)(=O)c1cc(Cl)c(N)c(C#N)c1. The second kappa shape index (κ2) is 3.65. The molecular formula is C9H10ClN2OP. The van der Waals surface area contributed by atoms with Gasteiger partial charge in [-0.1, -0.05) is 11.6 Å². The van der Waals surface area contributed by atoms with E-state index in [0.29, 0.717) is 5.30 Å². The average molecular weight is 229 g/mol. The number of nitrogen functional groups attached to an aromatic ring is 1. The first-order chi connectivity index (χ1) is 6.36. The monoisotopic (exact) mass is 228 g/mol. The maximum atomic E-state index is 11.7. The molecule has 0 aliphatic carbocycles. The van der Waals surface area contributed by atoms with Crippen molar-refractivity contribution in [2.45, 2.75) is 0 Å². The molecule has 0 fully saturated rings. The van der Waals surface area contributed by atoms with Gasteiger partial charge < -0.3 is 10.3 Å². The van der Waals surface area contributed by atoms with Gasteiger partial charge in [0, 0.05) is 5.30 Å². The summed E-state index contributed by atoms with van der Waals surface area (Å²) in [5, 5.41) is 9.61. The molecule has 0 aliphatic heterocycles. The molecule has 0 aliphatic rings. The lowest BCUT2D eigenvalue weighted by molar-refractivity contribution is 0.588. The molecular weight excluding hydrogens is 219 g/mol. The summed E-state index contributed by atoms with van der Waals surface area (Å²) >= 11 is 5.81. The van der Waals surface area contributed by atoms with Crippen molar-refractivity contribution in [2.75, 3.05) is 19.1 Å². The van der Waals surface area contributed by atoms with Crippen LogP contribution in [0.5, 0.6) is 0 Å². The molecule has 0 amide bonds. The maximum absolute atomic E-state index is 11.7. The fraction of sp³-hybridized carbons (Fsp3) is 0.222. The van der Waals surface area contributed by atoms with Gasteiger partial charge in [-0.05, 0) is 25.5 Å². The van der Waals surface area contributed by atoms with E-state index in [1.165, 1.54) is 6.07 Å². The summed E-state index contributed by atoms with van der Waals surface area (Å²) < 4.78 is 11.7. The lowest BCUT2D eigenvalue weighted by atomic mass is 10.2. The van der Waals surface area contributed by atoms with Crippen molar-refractivity contribution in [2.24, 2.45) is 0 Å². The lowest BCUT2D eigenvalue weighted by Crippen LogP contribution is -2.06. The molecule has 14 heavy (non-hydrogen) atoms. The van der Waals surface area contributed by atoms with E-state index < -0.39 is 7.14 Å². The van der Waals surface area contributed by atoms with E-state index >= 15 is 0 Å². The first-order valence-corrected chi connectivity index (χ1v) is 6.89. The Labute approximate surface area is 87.9 Å². The molecule has 0 atom stereocenters. The van der Waals surface area contributed by atoms with Crippen LogP contribution in [0.3, 0.4) is 0 Å². The largest absolute Gasteiger partial charge is 0.396 e. The zero-order valence-corrected chi connectivity index (χ0v) is 9.56. The third-order valence-corrected chi connectivity index (χ3v) is 3.67. The van der Waals surface area contributed by atoms with Crippen molar-refractivity contribution in [1.82, 2.24) is 0 Å². The van der Waals surface area contributed by atoms with Gasteiger partial charge in [0.05, 0.1) is 16.3 Å². The third-order valence-electron chi connectivity index (χ3n) is 1.86. The van der Waals surface area contributed by atoms with Crippen LogP contribution in [0.15, 0.2) is 12.1 Å². The highest BCUT2D eigenvalue weighted by Gasteiger charge is 2.15. The van der Waals surface area contributed by atoms with E-state index in [1.54, 1.807) is 19.4 Å². The van der Waals surface area contributed by atoms with Crippen LogP contribution < -0.4 is 11.0 Å². The number of nitriles is 1. The van der Waals surface area contributed by atoms with Gasteiger partial charge in [-0.25, -0.2) is 0 Å². The summed E-state index contributed by atoms with van der Waals surface area (Å²) in [6.07, 6.45) is 0. The predicted octanol–water partition coefficient (Wildman–Crippen LogP) is 2.04. The number of nitrogens with zero attached hydrogens (tertiary/aromatic N) is 1. The fourth-order valence-corrected chi connectivity index (χ4v) is 2.18. The number of hydrogen-bond acceptors (Lipinski definition) is 3. The summed E-state index contributed by atoms with van der Waals surface area (Å²) in [7, 11) is -2.40. The summed E-state index contributed by atoms with van der Waals surface area (Å²) in [5.74, 6) is 0. The van der Waals surface area contributed by atoms with E-state index in [9.17, 15) is 4.57 Å². The first-order valence-electron chi connectivity index (χ1n) is 3.91. The van der Waals surface area contributed by atoms with Crippen LogP contribution in [0.1, 0.15) is 5.56 Å². The summed E-state index contributed by atoms with van der Waals surface area (Å²) in [6.45, 7) is 3.24. The quantitative estimate of drug-likeness (QED) is 0.591. The van der Waals surface area contributed by atoms with Gasteiger partial charge in [0.15, 0.2) is 0 Å². The Kier molecular flexibility index (Phi) is 2.89. The number of benzene rings is 1. The molecule has 0 bridgehead atoms. The van der Waals surface area contributed by atoms with E-state index in [4.69, 9.17) is 22.6 Å². The molecule has 0 aromatic heterocycles. The van der Waals surface area contributed by atoms with Crippen molar-refractivity contribution in [3.05, 3.63) is 22.7 Å². The zero-order chi connectivity index (χ0) is 10.9. The smallest absolute Gasteiger partial charge is 0.109 e. The van der Waals surface area contributed by atoms with Crippen molar-refractivity contribution < 1.29 is 4.57 Å². The van der Waals surface area contributed by atoms with Crippen molar-refractivity contribution in [1.29, 1.82) is 5.26 Å². The molecule has 1 rings (SSSR count). The van der Waals surface area contributed by atoms with Crippen molar-refractivity contribution >= 4 is 29.7 Å². The van der Waals surface area contributed by atoms with E-state index in [-0.39, 0.29) is 16.3 Å². The molecule has 1 aromatic rings. The van der Waals surface area contributed by atoms with Gasteiger partial charge in [0.2, 0.25) is 0 Å². The molecule has 2 N–H and O–H groups in total. The standard InChI is InChI=1S/C9H10ClN2OP/c1-14(2,13)7-3-6(5-11)9(12)8(10)4-7/h3-4H,12H2,1-2H3. The van der Waals surface area contributed by atoms with Gasteiger partial charge in [0.25, 0.3) is 0 Å². The third kappa shape index (κ3) is 2.09. The van der Waals surface area contributed by atoms with Gasteiger partial charge in [-0.2, -0.15) is 5.26 Å². The van der Waals surface area contributed by atoms with Crippen LogP contribution in [-0.4, -0.2) is 13.3 Å². The Balaban J connectivity index is 3.48. The molecule has 3 nitrogen and oxygen atoms in total. The van der Waals surface area contributed by atoms with Gasteiger partial charge in [-0.15, -0.1) is 0 Å². The molecule has 0 saturated heterocycles. The molecule has 0 unspecified atom stereocenters. The Hall–Kier alpha value is -0.970. The fourth-order valence-electron chi connectivity index (χ4n) is 1.01. The molecule has 0 radical (unpaired) electrons. The molecule has 74 valence electrons. The lowest BCUT2D eigenvalue weighted by Gasteiger charge is -2.09.